The van der Waals surface area contributed by atoms with E-state index in [1.807, 2.05) is 38.3 Å². The number of ether oxygens (including phenoxy) is 3. The summed E-state index contributed by atoms with van der Waals surface area (Å²) in [7, 11) is -2.18. The zero-order valence-corrected chi connectivity index (χ0v) is 36.9. The SMILES string of the molecule is CO[C@]1(CN2CCN3CCCCC3C2)/C=C/CC(C)C(CCN2CCOCC2)S(=O)(=O)NC(=O)c2ccc3c(c2)N(CCCCc2cc(Cl)ccc2CO3)C[C@@H]2CCC21. The number of anilines is 1. The zero-order valence-electron chi connectivity index (χ0n) is 35.3. The van der Waals surface area contributed by atoms with E-state index in [-0.39, 0.29) is 11.8 Å². The molecule has 1 N–H and O–H groups in total. The molecule has 1 saturated carbocycles. The van der Waals surface area contributed by atoms with Crippen LogP contribution in [0.15, 0.2) is 48.6 Å². The summed E-state index contributed by atoms with van der Waals surface area (Å²) in [5.41, 5.74) is 2.91. The number of fused-ring (bicyclic) bond motifs is 4. The molecule has 4 unspecified atom stereocenters. The third-order valence-corrected chi connectivity index (χ3v) is 16.7. The molecule has 6 atom stereocenters. The number of morpholine rings is 1. The number of piperidine rings is 1. The molecule has 11 nitrogen and oxygen atoms in total. The van der Waals surface area contributed by atoms with E-state index in [1.165, 1.54) is 31.4 Å². The number of nitrogens with one attached hydrogen (secondary N) is 1. The number of sulfonamides is 1. The van der Waals surface area contributed by atoms with Crippen molar-refractivity contribution in [1.29, 1.82) is 0 Å². The second-order valence-electron chi connectivity index (χ2n) is 18.2. The lowest BCUT2D eigenvalue weighted by Crippen LogP contribution is -2.61. The fourth-order valence-corrected chi connectivity index (χ4v) is 12.7. The second kappa shape index (κ2) is 19.1. The van der Waals surface area contributed by atoms with E-state index < -0.39 is 26.8 Å². The maximum Gasteiger partial charge on any atom is 0.264 e. The minimum atomic E-state index is -4.07. The van der Waals surface area contributed by atoms with Crippen LogP contribution in [-0.4, -0.2) is 132 Å². The Morgan fingerprint density at radius 1 is 0.915 bits per heavy atom. The summed E-state index contributed by atoms with van der Waals surface area (Å²) in [6.07, 6.45) is 14.3. The fourth-order valence-electron chi connectivity index (χ4n) is 10.9. The predicted octanol–water partition coefficient (Wildman–Crippen LogP) is 6.39. The molecule has 2 aromatic carbocycles. The van der Waals surface area contributed by atoms with Crippen molar-refractivity contribution in [3.8, 4) is 5.75 Å². The number of carbonyl (C=O) groups excluding carboxylic acids is 1. The van der Waals surface area contributed by atoms with E-state index in [0.717, 1.165) is 101 Å². The van der Waals surface area contributed by atoms with E-state index in [0.29, 0.717) is 62.5 Å². The van der Waals surface area contributed by atoms with Gasteiger partial charge in [0.2, 0.25) is 10.0 Å². The predicted molar refractivity (Wildman–Crippen MR) is 234 cm³/mol. The molecule has 3 saturated heterocycles. The number of allylic oxidation sites excluding steroid dienone is 1. The molecule has 5 heterocycles. The van der Waals surface area contributed by atoms with E-state index in [2.05, 4.69) is 42.5 Å². The molecular formula is C46H66ClN5O6S. The van der Waals surface area contributed by atoms with Gasteiger partial charge in [0.1, 0.15) is 18.0 Å². The highest BCUT2D eigenvalue weighted by Crippen LogP contribution is 2.47. The Labute approximate surface area is 357 Å². The van der Waals surface area contributed by atoms with Crippen molar-refractivity contribution < 1.29 is 27.4 Å². The number of carbonyl (C=O) groups is 1. The van der Waals surface area contributed by atoms with Crippen LogP contribution in [0.4, 0.5) is 5.69 Å². The number of piperazine rings is 1. The van der Waals surface area contributed by atoms with Gasteiger partial charge in [-0.2, -0.15) is 0 Å². The molecule has 2 bridgehead atoms. The highest BCUT2D eigenvalue weighted by Gasteiger charge is 2.49. The summed E-state index contributed by atoms with van der Waals surface area (Å²) < 4.78 is 50.4. The highest BCUT2D eigenvalue weighted by atomic mass is 35.5. The van der Waals surface area contributed by atoms with E-state index in [9.17, 15) is 13.2 Å². The van der Waals surface area contributed by atoms with E-state index in [4.69, 9.17) is 25.8 Å². The lowest BCUT2D eigenvalue weighted by Gasteiger charge is -2.53. The van der Waals surface area contributed by atoms with Crippen LogP contribution in [0.1, 0.15) is 86.2 Å². The Morgan fingerprint density at radius 3 is 2.58 bits per heavy atom. The Balaban J connectivity index is 1.15. The Bertz CT molecular complexity index is 1910. The average molecular weight is 853 g/mol. The van der Waals surface area contributed by atoms with Crippen molar-refractivity contribution in [2.24, 2.45) is 17.8 Å². The van der Waals surface area contributed by atoms with Gasteiger partial charge in [0, 0.05) is 76.1 Å². The minimum Gasteiger partial charge on any atom is -0.487 e. The molecule has 6 aliphatic rings. The van der Waals surface area contributed by atoms with Crippen LogP contribution in [0.25, 0.3) is 0 Å². The van der Waals surface area contributed by atoms with Crippen LogP contribution in [-0.2, 0) is 32.5 Å². The molecule has 0 spiro atoms. The molecule has 1 aliphatic carbocycles. The number of halogens is 1. The van der Waals surface area contributed by atoms with Crippen molar-refractivity contribution in [3.63, 3.8) is 0 Å². The Morgan fingerprint density at radius 2 is 1.76 bits per heavy atom. The Kier molecular flexibility index (Phi) is 13.9. The number of hydrogen-bond donors (Lipinski definition) is 1. The maximum atomic E-state index is 14.4. The fraction of sp³-hybridized carbons (Fsp3) is 0.674. The first-order valence-corrected chi connectivity index (χ1v) is 24.4. The molecule has 0 aromatic heterocycles. The van der Waals surface area contributed by atoms with Gasteiger partial charge in [-0.3, -0.25) is 19.5 Å². The number of nitrogens with zero attached hydrogens (tertiary/aromatic N) is 4. The van der Waals surface area contributed by atoms with Gasteiger partial charge in [-0.25, -0.2) is 13.1 Å². The molecule has 0 radical (unpaired) electrons. The van der Waals surface area contributed by atoms with Crippen LogP contribution >= 0.6 is 11.6 Å². The molecule has 4 fully saturated rings. The molecule has 8 rings (SSSR count). The van der Waals surface area contributed by atoms with Gasteiger partial charge in [0.05, 0.1) is 24.2 Å². The first kappa shape index (κ1) is 43.0. The van der Waals surface area contributed by atoms with Crippen LogP contribution in [0.2, 0.25) is 5.02 Å². The molecule has 59 heavy (non-hydrogen) atoms. The van der Waals surface area contributed by atoms with Gasteiger partial charge in [0.25, 0.3) is 5.91 Å². The van der Waals surface area contributed by atoms with Crippen molar-refractivity contribution >= 4 is 33.2 Å². The number of rotatable bonds is 6. The summed E-state index contributed by atoms with van der Waals surface area (Å²) in [6, 6.07) is 12.0. The standard InChI is InChI=1S/C46H66ClN5O6S/c1-34-8-7-18-46(56-2,33-50-22-23-51-19-6-4-10-40(51)31-50)41-15-12-37(41)30-52-20-5-3-9-35-28-39(47)14-11-38(35)32-58-43-16-13-36(29-42(43)52)45(53)48-59(54,55)44(34)17-21-49-24-26-57-27-25-49/h7,11,13-14,16,18,28-29,34,37,40-41,44H,3-6,8-10,12,15,17,19-27,30-33H2,1-2H3,(H,48,53)/b18-7+/t34?,37-,40?,41?,44?,46-/m0/s1. The summed E-state index contributed by atoms with van der Waals surface area (Å²) >= 11 is 6.46. The monoisotopic (exact) mass is 851 g/mol. The van der Waals surface area contributed by atoms with Crippen LogP contribution in [0, 0.1) is 17.8 Å². The van der Waals surface area contributed by atoms with Crippen LogP contribution < -0.4 is 14.4 Å². The topological polar surface area (TPSA) is 104 Å². The van der Waals surface area contributed by atoms with Gasteiger partial charge in [-0.05, 0) is 130 Å². The molecule has 1 amide bonds. The third-order valence-electron chi connectivity index (χ3n) is 14.5. The van der Waals surface area contributed by atoms with Crippen LogP contribution in [0.5, 0.6) is 5.75 Å². The lowest BCUT2D eigenvalue weighted by molar-refractivity contribution is -0.1000. The Hall–Kier alpha value is -2.71. The second-order valence-corrected chi connectivity index (χ2v) is 20.5. The third kappa shape index (κ3) is 10.0. The zero-order chi connectivity index (χ0) is 41.0. The summed E-state index contributed by atoms with van der Waals surface area (Å²) in [6.45, 7) is 12.6. The highest BCUT2D eigenvalue weighted by molar-refractivity contribution is 7.90. The first-order valence-electron chi connectivity index (χ1n) is 22.5. The average Bonchev–Trinajstić information content (AvgIpc) is 3.25. The van der Waals surface area contributed by atoms with Gasteiger partial charge in [-0.15, -0.1) is 0 Å². The molecular weight excluding hydrogens is 786 g/mol. The number of amides is 1. The van der Waals surface area contributed by atoms with Crippen LogP contribution in [0.3, 0.4) is 0 Å². The summed E-state index contributed by atoms with van der Waals surface area (Å²) in [5.74, 6) is 0.472. The van der Waals surface area contributed by atoms with Gasteiger partial charge in [-0.1, -0.05) is 43.2 Å². The number of methoxy groups -OCH3 is 1. The largest absolute Gasteiger partial charge is 0.487 e. The minimum absolute atomic E-state index is 0.239. The molecule has 324 valence electrons. The van der Waals surface area contributed by atoms with Crippen molar-refractivity contribution in [2.45, 2.75) is 94.6 Å². The maximum absolute atomic E-state index is 14.4. The number of aryl methyl sites for hydroxylation is 1. The van der Waals surface area contributed by atoms with Crippen molar-refractivity contribution in [1.82, 2.24) is 19.4 Å². The summed E-state index contributed by atoms with van der Waals surface area (Å²) in [4.78, 5) is 24.1. The van der Waals surface area contributed by atoms with E-state index >= 15 is 0 Å². The summed E-state index contributed by atoms with van der Waals surface area (Å²) in [5, 5.41) is -0.0476. The van der Waals surface area contributed by atoms with Gasteiger partial charge < -0.3 is 19.1 Å². The van der Waals surface area contributed by atoms with Gasteiger partial charge in [0.15, 0.2) is 0 Å². The van der Waals surface area contributed by atoms with E-state index in [1.54, 1.807) is 6.07 Å². The molecule has 13 heteroatoms. The lowest BCUT2D eigenvalue weighted by atomic mass is 9.63. The van der Waals surface area contributed by atoms with Crippen molar-refractivity contribution in [2.75, 3.05) is 90.7 Å². The normalized spacial score (nSPS) is 31.9. The number of hydrogen-bond acceptors (Lipinski definition) is 10. The quantitative estimate of drug-likeness (QED) is 0.329. The van der Waals surface area contributed by atoms with Gasteiger partial charge >= 0.3 is 0 Å². The number of benzene rings is 2. The molecule has 2 aromatic rings. The molecule has 5 aliphatic heterocycles. The smallest absolute Gasteiger partial charge is 0.264 e. The first-order chi connectivity index (χ1) is 28.6. The van der Waals surface area contributed by atoms with Crippen molar-refractivity contribution in [3.05, 3.63) is 70.3 Å².